The number of aryl methyl sites for hydroxylation is 2. The molecule has 1 unspecified atom stereocenters. The van der Waals surface area contributed by atoms with E-state index < -0.39 is 0 Å². The third-order valence-electron chi connectivity index (χ3n) is 2.39. The van der Waals surface area contributed by atoms with Crippen LogP contribution < -0.4 is 5.73 Å². The molecule has 0 bridgehead atoms. The van der Waals surface area contributed by atoms with Crippen molar-refractivity contribution in [3.05, 3.63) is 38.0 Å². The van der Waals surface area contributed by atoms with Gasteiger partial charge in [0.15, 0.2) is 0 Å². The second-order valence-corrected chi connectivity index (χ2v) is 5.78. The van der Waals surface area contributed by atoms with E-state index >= 15 is 0 Å². The van der Waals surface area contributed by atoms with Crippen molar-refractivity contribution in [2.24, 2.45) is 5.73 Å². The molecular formula is C11H14N2S2. The van der Waals surface area contributed by atoms with Crippen LogP contribution >= 0.6 is 22.7 Å². The third kappa shape index (κ3) is 2.45. The second kappa shape index (κ2) is 4.43. The first kappa shape index (κ1) is 10.8. The maximum atomic E-state index is 6.15. The van der Waals surface area contributed by atoms with Gasteiger partial charge in [0.25, 0.3) is 0 Å². The van der Waals surface area contributed by atoms with Crippen molar-refractivity contribution in [3.63, 3.8) is 0 Å². The Bertz CT molecular complexity index is 445. The summed E-state index contributed by atoms with van der Waals surface area (Å²) in [5.74, 6) is 0. The van der Waals surface area contributed by atoms with Crippen molar-refractivity contribution in [1.82, 2.24) is 4.98 Å². The molecule has 0 aromatic carbocycles. The number of hydrogen-bond donors (Lipinski definition) is 1. The van der Waals surface area contributed by atoms with Gasteiger partial charge < -0.3 is 5.73 Å². The summed E-state index contributed by atoms with van der Waals surface area (Å²) in [7, 11) is 0. The first-order chi connectivity index (χ1) is 7.16. The number of thiophene rings is 1. The molecule has 0 radical (unpaired) electrons. The minimum Gasteiger partial charge on any atom is -0.324 e. The molecule has 2 aromatic rings. The summed E-state index contributed by atoms with van der Waals surface area (Å²) in [6.45, 7) is 4.14. The molecule has 0 aliphatic carbocycles. The summed E-state index contributed by atoms with van der Waals surface area (Å²) in [6, 6.07) is 2.20. The molecule has 15 heavy (non-hydrogen) atoms. The standard InChI is InChI=1S/C11H14N2S2/c1-7-10(3-4-14-7)11(12)5-9-6-15-8(2)13-9/h3-4,6,11H,5,12H2,1-2H3. The molecule has 0 saturated heterocycles. The van der Waals surface area contributed by atoms with Gasteiger partial charge in [-0.15, -0.1) is 22.7 Å². The Hall–Kier alpha value is -0.710. The maximum Gasteiger partial charge on any atom is 0.0897 e. The zero-order valence-electron chi connectivity index (χ0n) is 8.86. The first-order valence-electron chi connectivity index (χ1n) is 4.87. The van der Waals surface area contributed by atoms with Crippen LogP contribution in [0.1, 0.15) is 27.2 Å². The summed E-state index contributed by atoms with van der Waals surface area (Å²) in [5.41, 5.74) is 8.52. The molecule has 0 aliphatic rings. The molecule has 2 heterocycles. The molecular weight excluding hydrogens is 224 g/mol. The number of rotatable bonds is 3. The molecule has 2 N–H and O–H groups in total. The fourth-order valence-electron chi connectivity index (χ4n) is 1.62. The van der Waals surface area contributed by atoms with Gasteiger partial charge in [-0.3, -0.25) is 0 Å². The lowest BCUT2D eigenvalue weighted by atomic mass is 10.0. The van der Waals surface area contributed by atoms with E-state index in [1.807, 2.05) is 6.92 Å². The highest BCUT2D eigenvalue weighted by Crippen LogP contribution is 2.24. The van der Waals surface area contributed by atoms with Crippen LogP contribution in [0.2, 0.25) is 0 Å². The monoisotopic (exact) mass is 238 g/mol. The highest BCUT2D eigenvalue weighted by molar-refractivity contribution is 7.10. The molecule has 2 nitrogen and oxygen atoms in total. The SMILES string of the molecule is Cc1nc(CC(N)c2ccsc2C)cs1. The van der Waals surface area contributed by atoms with Gasteiger partial charge in [0, 0.05) is 22.7 Å². The van der Waals surface area contributed by atoms with Crippen LogP contribution in [0.5, 0.6) is 0 Å². The number of nitrogens with zero attached hydrogens (tertiary/aromatic N) is 1. The van der Waals surface area contributed by atoms with Gasteiger partial charge in [-0.25, -0.2) is 4.98 Å². The van der Waals surface area contributed by atoms with Crippen LogP contribution in [0.3, 0.4) is 0 Å². The van der Waals surface area contributed by atoms with Gasteiger partial charge in [0.1, 0.15) is 0 Å². The summed E-state index contributed by atoms with van der Waals surface area (Å²) >= 11 is 3.43. The van der Waals surface area contributed by atoms with E-state index in [0.29, 0.717) is 0 Å². The molecule has 2 aromatic heterocycles. The Morgan fingerprint density at radius 1 is 1.40 bits per heavy atom. The molecule has 4 heteroatoms. The Balaban J connectivity index is 2.10. The van der Waals surface area contributed by atoms with Crippen molar-refractivity contribution in [2.75, 3.05) is 0 Å². The highest BCUT2D eigenvalue weighted by Gasteiger charge is 2.12. The molecule has 2 rings (SSSR count). The topological polar surface area (TPSA) is 38.9 Å². The van der Waals surface area contributed by atoms with Crippen LogP contribution in [0.4, 0.5) is 0 Å². The Morgan fingerprint density at radius 3 is 2.73 bits per heavy atom. The molecule has 1 atom stereocenters. The first-order valence-corrected chi connectivity index (χ1v) is 6.63. The summed E-state index contributed by atoms with van der Waals surface area (Å²) in [4.78, 5) is 5.75. The van der Waals surface area contributed by atoms with Crippen LogP contribution in [-0.4, -0.2) is 4.98 Å². The van der Waals surface area contributed by atoms with Crippen molar-refractivity contribution in [3.8, 4) is 0 Å². The van der Waals surface area contributed by atoms with Crippen LogP contribution in [0, 0.1) is 13.8 Å². The third-order valence-corrected chi connectivity index (χ3v) is 4.08. The van der Waals surface area contributed by atoms with Crippen LogP contribution in [0.15, 0.2) is 16.8 Å². The molecule has 0 saturated carbocycles. The summed E-state index contributed by atoms with van der Waals surface area (Å²) in [5, 5.41) is 5.30. The van der Waals surface area contributed by atoms with Crippen molar-refractivity contribution < 1.29 is 0 Å². The van der Waals surface area contributed by atoms with Gasteiger partial charge in [-0.2, -0.15) is 0 Å². The molecule has 0 spiro atoms. The molecule has 0 aliphatic heterocycles. The fourth-order valence-corrected chi connectivity index (χ4v) is 3.02. The van der Waals surface area contributed by atoms with Gasteiger partial charge in [-0.1, -0.05) is 0 Å². The van der Waals surface area contributed by atoms with E-state index in [4.69, 9.17) is 5.73 Å². The second-order valence-electron chi connectivity index (χ2n) is 3.60. The fraction of sp³-hybridized carbons (Fsp3) is 0.364. The van der Waals surface area contributed by atoms with Crippen molar-refractivity contribution in [1.29, 1.82) is 0 Å². The minimum absolute atomic E-state index is 0.0812. The Morgan fingerprint density at radius 2 is 2.20 bits per heavy atom. The van der Waals surface area contributed by atoms with Crippen LogP contribution in [-0.2, 0) is 6.42 Å². The van der Waals surface area contributed by atoms with E-state index in [0.717, 1.165) is 17.1 Å². The molecule has 80 valence electrons. The summed E-state index contributed by atoms with van der Waals surface area (Å²) in [6.07, 6.45) is 0.835. The Labute approximate surface area is 97.8 Å². The van der Waals surface area contributed by atoms with E-state index in [-0.39, 0.29) is 6.04 Å². The lowest BCUT2D eigenvalue weighted by Gasteiger charge is -2.09. The van der Waals surface area contributed by atoms with E-state index in [2.05, 4.69) is 28.7 Å². The van der Waals surface area contributed by atoms with Crippen molar-refractivity contribution in [2.45, 2.75) is 26.3 Å². The number of hydrogen-bond acceptors (Lipinski definition) is 4. The largest absolute Gasteiger partial charge is 0.324 e. The lowest BCUT2D eigenvalue weighted by Crippen LogP contribution is -2.13. The average Bonchev–Trinajstić information content (AvgIpc) is 2.75. The van der Waals surface area contributed by atoms with E-state index in [9.17, 15) is 0 Å². The predicted octanol–water partition coefficient (Wildman–Crippen LogP) is 3.06. The Kier molecular flexibility index (Phi) is 3.19. The number of nitrogens with two attached hydrogens (primary N) is 1. The number of thiazole rings is 1. The van der Waals surface area contributed by atoms with Crippen LogP contribution in [0.25, 0.3) is 0 Å². The quantitative estimate of drug-likeness (QED) is 0.892. The predicted molar refractivity (Wildman–Crippen MR) is 66.5 cm³/mol. The van der Waals surface area contributed by atoms with Gasteiger partial charge in [0.2, 0.25) is 0 Å². The van der Waals surface area contributed by atoms with Crippen molar-refractivity contribution >= 4 is 22.7 Å². The maximum absolute atomic E-state index is 6.15. The smallest absolute Gasteiger partial charge is 0.0897 e. The highest BCUT2D eigenvalue weighted by atomic mass is 32.1. The zero-order valence-corrected chi connectivity index (χ0v) is 10.5. The van der Waals surface area contributed by atoms with E-state index in [1.54, 1.807) is 22.7 Å². The van der Waals surface area contributed by atoms with Gasteiger partial charge >= 0.3 is 0 Å². The molecule has 0 amide bonds. The minimum atomic E-state index is 0.0812. The lowest BCUT2D eigenvalue weighted by molar-refractivity contribution is 0.708. The molecule has 0 fully saturated rings. The number of aromatic nitrogens is 1. The van der Waals surface area contributed by atoms with Gasteiger partial charge in [-0.05, 0) is 30.9 Å². The van der Waals surface area contributed by atoms with Gasteiger partial charge in [0.05, 0.1) is 10.7 Å². The average molecular weight is 238 g/mol. The summed E-state index contributed by atoms with van der Waals surface area (Å²) < 4.78 is 0. The van der Waals surface area contributed by atoms with E-state index in [1.165, 1.54) is 10.4 Å². The zero-order chi connectivity index (χ0) is 10.8. The normalized spacial score (nSPS) is 13.0.